The maximum Gasteiger partial charge on any atom is 0.241 e. The number of nitrogens with zero attached hydrogens (tertiary/aromatic N) is 2. The molecule has 1 aliphatic carbocycles. The number of likely N-dealkylation sites (N-methyl/N-ethyl adjacent to an activating group) is 1. The molecular formula is C13H23N3O2. The minimum atomic E-state index is 0.0424. The van der Waals surface area contributed by atoms with Gasteiger partial charge in [-0.05, 0) is 31.7 Å². The van der Waals surface area contributed by atoms with Gasteiger partial charge in [0.2, 0.25) is 11.8 Å². The molecule has 2 amide bonds. The predicted octanol–water partition coefficient (Wildman–Crippen LogP) is 0.0521. The SMILES string of the molecule is CN1CCN(C(=O)C2CCCC(CN)C2)CC1=O. The fraction of sp³-hybridized carbons (Fsp3) is 0.846. The summed E-state index contributed by atoms with van der Waals surface area (Å²) in [7, 11) is 1.79. The third-order valence-corrected chi connectivity index (χ3v) is 4.23. The summed E-state index contributed by atoms with van der Waals surface area (Å²) in [5.41, 5.74) is 5.70. The Morgan fingerprint density at radius 3 is 2.83 bits per heavy atom. The first-order valence-corrected chi connectivity index (χ1v) is 6.84. The van der Waals surface area contributed by atoms with Crippen LogP contribution in [-0.2, 0) is 9.59 Å². The van der Waals surface area contributed by atoms with Gasteiger partial charge in [0, 0.05) is 26.1 Å². The van der Waals surface area contributed by atoms with Gasteiger partial charge in [0.05, 0.1) is 6.54 Å². The van der Waals surface area contributed by atoms with Gasteiger partial charge >= 0.3 is 0 Å². The van der Waals surface area contributed by atoms with Gasteiger partial charge in [0.25, 0.3) is 0 Å². The van der Waals surface area contributed by atoms with E-state index in [0.717, 1.165) is 25.7 Å². The topological polar surface area (TPSA) is 66.6 Å². The van der Waals surface area contributed by atoms with Crippen molar-refractivity contribution in [3.63, 3.8) is 0 Å². The van der Waals surface area contributed by atoms with Gasteiger partial charge in [-0.2, -0.15) is 0 Å². The number of nitrogens with two attached hydrogens (primary N) is 1. The van der Waals surface area contributed by atoms with Crippen molar-refractivity contribution in [2.24, 2.45) is 17.6 Å². The van der Waals surface area contributed by atoms with E-state index in [1.807, 2.05) is 0 Å². The Morgan fingerprint density at radius 1 is 1.39 bits per heavy atom. The molecule has 1 saturated heterocycles. The van der Waals surface area contributed by atoms with Crippen molar-refractivity contribution < 1.29 is 9.59 Å². The zero-order valence-electron chi connectivity index (χ0n) is 11.1. The Kier molecular flexibility index (Phi) is 4.22. The number of piperazine rings is 1. The number of hydrogen-bond donors (Lipinski definition) is 1. The van der Waals surface area contributed by atoms with Crippen molar-refractivity contribution in [3.8, 4) is 0 Å². The molecule has 2 fully saturated rings. The molecule has 0 radical (unpaired) electrons. The first kappa shape index (κ1) is 13.3. The Hall–Kier alpha value is -1.10. The molecule has 0 bridgehead atoms. The monoisotopic (exact) mass is 253 g/mol. The van der Waals surface area contributed by atoms with Crippen LogP contribution < -0.4 is 5.73 Å². The molecule has 18 heavy (non-hydrogen) atoms. The molecule has 0 aromatic heterocycles. The summed E-state index contributed by atoms with van der Waals surface area (Å²) in [6.07, 6.45) is 4.08. The second kappa shape index (κ2) is 5.69. The second-order valence-electron chi connectivity index (χ2n) is 5.54. The average molecular weight is 253 g/mol. The highest BCUT2D eigenvalue weighted by atomic mass is 16.2. The van der Waals surface area contributed by atoms with Gasteiger partial charge in [-0.25, -0.2) is 0 Å². The van der Waals surface area contributed by atoms with Crippen molar-refractivity contribution in [3.05, 3.63) is 0 Å². The van der Waals surface area contributed by atoms with E-state index in [1.165, 1.54) is 0 Å². The largest absolute Gasteiger partial charge is 0.342 e. The number of hydrogen-bond acceptors (Lipinski definition) is 3. The molecule has 5 nitrogen and oxygen atoms in total. The summed E-state index contributed by atoms with van der Waals surface area (Å²) in [4.78, 5) is 27.4. The van der Waals surface area contributed by atoms with Crippen molar-refractivity contribution in [2.75, 3.05) is 33.2 Å². The van der Waals surface area contributed by atoms with E-state index in [2.05, 4.69) is 0 Å². The highest BCUT2D eigenvalue weighted by molar-refractivity contribution is 5.87. The summed E-state index contributed by atoms with van der Waals surface area (Å²) in [5.74, 6) is 0.773. The molecule has 2 unspecified atom stereocenters. The van der Waals surface area contributed by atoms with Crippen LogP contribution in [-0.4, -0.2) is 54.8 Å². The third-order valence-electron chi connectivity index (χ3n) is 4.23. The van der Waals surface area contributed by atoms with Gasteiger partial charge in [-0.15, -0.1) is 0 Å². The maximum absolute atomic E-state index is 12.4. The van der Waals surface area contributed by atoms with Crippen LogP contribution in [0.3, 0.4) is 0 Å². The van der Waals surface area contributed by atoms with Crippen LogP contribution in [0, 0.1) is 11.8 Å². The molecule has 2 rings (SSSR count). The Morgan fingerprint density at radius 2 is 2.17 bits per heavy atom. The number of amides is 2. The lowest BCUT2D eigenvalue weighted by molar-refractivity contribution is -0.147. The standard InChI is InChI=1S/C13H23N3O2/c1-15-5-6-16(9-12(15)17)13(18)11-4-2-3-10(7-11)8-14/h10-11H,2-9,14H2,1H3. The van der Waals surface area contributed by atoms with Crippen molar-refractivity contribution in [2.45, 2.75) is 25.7 Å². The van der Waals surface area contributed by atoms with E-state index in [-0.39, 0.29) is 24.3 Å². The Labute approximate surface area is 108 Å². The van der Waals surface area contributed by atoms with Gasteiger partial charge in [0.1, 0.15) is 0 Å². The summed E-state index contributed by atoms with van der Waals surface area (Å²) in [5, 5.41) is 0. The fourth-order valence-corrected chi connectivity index (χ4v) is 2.93. The second-order valence-corrected chi connectivity index (χ2v) is 5.54. The molecule has 2 aliphatic rings. The summed E-state index contributed by atoms with van der Waals surface area (Å²) < 4.78 is 0. The van der Waals surface area contributed by atoms with E-state index in [9.17, 15) is 9.59 Å². The first-order chi connectivity index (χ1) is 8.61. The zero-order chi connectivity index (χ0) is 13.1. The Bertz CT molecular complexity index is 332. The van der Waals surface area contributed by atoms with Crippen LogP contribution in [0.15, 0.2) is 0 Å². The van der Waals surface area contributed by atoms with Crippen LogP contribution in [0.25, 0.3) is 0 Å². The van der Waals surface area contributed by atoms with Crippen molar-refractivity contribution in [1.82, 2.24) is 9.80 Å². The lowest BCUT2D eigenvalue weighted by Gasteiger charge is -2.36. The molecule has 0 aromatic rings. The van der Waals surface area contributed by atoms with Crippen molar-refractivity contribution in [1.29, 1.82) is 0 Å². The Balaban J connectivity index is 1.92. The average Bonchev–Trinajstić information content (AvgIpc) is 2.41. The minimum Gasteiger partial charge on any atom is -0.342 e. The normalized spacial score (nSPS) is 29.6. The van der Waals surface area contributed by atoms with Crippen LogP contribution in [0.1, 0.15) is 25.7 Å². The maximum atomic E-state index is 12.4. The van der Waals surface area contributed by atoms with Crippen LogP contribution in [0.5, 0.6) is 0 Å². The number of carbonyl (C=O) groups is 2. The summed E-state index contributed by atoms with van der Waals surface area (Å²) >= 11 is 0. The third kappa shape index (κ3) is 2.83. The summed E-state index contributed by atoms with van der Waals surface area (Å²) in [6, 6.07) is 0. The quantitative estimate of drug-likeness (QED) is 0.756. The van der Waals surface area contributed by atoms with Crippen molar-refractivity contribution >= 4 is 11.8 Å². The molecule has 0 spiro atoms. The molecular weight excluding hydrogens is 230 g/mol. The van der Waals surface area contributed by atoms with E-state index in [0.29, 0.717) is 25.6 Å². The van der Waals surface area contributed by atoms with Gasteiger partial charge in [-0.1, -0.05) is 6.42 Å². The highest BCUT2D eigenvalue weighted by Gasteiger charge is 2.32. The molecule has 2 N–H and O–H groups in total. The van der Waals surface area contributed by atoms with Crippen LogP contribution in [0.4, 0.5) is 0 Å². The first-order valence-electron chi connectivity index (χ1n) is 6.84. The van der Waals surface area contributed by atoms with Crippen LogP contribution >= 0.6 is 0 Å². The van der Waals surface area contributed by atoms with Gasteiger partial charge in [0.15, 0.2) is 0 Å². The molecule has 102 valence electrons. The lowest BCUT2D eigenvalue weighted by atomic mass is 9.80. The van der Waals surface area contributed by atoms with Gasteiger partial charge < -0.3 is 15.5 Å². The molecule has 1 saturated carbocycles. The van der Waals surface area contributed by atoms with Gasteiger partial charge in [-0.3, -0.25) is 9.59 Å². The smallest absolute Gasteiger partial charge is 0.241 e. The van der Waals surface area contributed by atoms with E-state index < -0.39 is 0 Å². The molecule has 1 aliphatic heterocycles. The predicted molar refractivity (Wildman–Crippen MR) is 68.7 cm³/mol. The highest BCUT2D eigenvalue weighted by Crippen LogP contribution is 2.29. The van der Waals surface area contributed by atoms with E-state index >= 15 is 0 Å². The van der Waals surface area contributed by atoms with Crippen LogP contribution in [0.2, 0.25) is 0 Å². The molecule has 2 atom stereocenters. The van der Waals surface area contributed by atoms with E-state index in [1.54, 1.807) is 16.8 Å². The lowest BCUT2D eigenvalue weighted by Crippen LogP contribution is -2.52. The molecule has 5 heteroatoms. The fourth-order valence-electron chi connectivity index (χ4n) is 2.93. The molecule has 1 heterocycles. The number of carbonyl (C=O) groups excluding carboxylic acids is 2. The minimum absolute atomic E-state index is 0.0424. The molecule has 0 aromatic carbocycles. The summed E-state index contributed by atoms with van der Waals surface area (Å²) in [6.45, 7) is 2.24. The number of rotatable bonds is 2. The van der Waals surface area contributed by atoms with E-state index in [4.69, 9.17) is 5.73 Å². The zero-order valence-corrected chi connectivity index (χ0v) is 11.1.